The second kappa shape index (κ2) is 8.77. The molecule has 1 aliphatic rings. The van der Waals surface area contributed by atoms with Crippen LogP contribution in [0.1, 0.15) is 11.5 Å². The lowest BCUT2D eigenvalue weighted by Gasteiger charge is -2.17. The SMILES string of the molecule is COc1cc(OC)cc(OCCNC(=O)[C@H]2CNC[C@@H]2c2cnn(C)c2)c1. The number of aryl methyl sites for hydroxylation is 1. The molecule has 8 nitrogen and oxygen atoms in total. The number of amides is 1. The first-order valence-electron chi connectivity index (χ1n) is 8.93. The molecule has 0 aliphatic carbocycles. The Kier molecular flexibility index (Phi) is 6.18. The first kappa shape index (κ1) is 19.0. The number of nitrogens with one attached hydrogen (secondary N) is 2. The average Bonchev–Trinajstić information content (AvgIpc) is 3.33. The minimum absolute atomic E-state index is 0.0284. The van der Waals surface area contributed by atoms with Gasteiger partial charge in [0.1, 0.15) is 23.9 Å². The predicted molar refractivity (Wildman–Crippen MR) is 100 cm³/mol. The molecule has 1 saturated heterocycles. The maximum absolute atomic E-state index is 12.6. The standard InChI is InChI=1S/C19H26N4O4/c1-23-12-13(9-22-23)17-10-20-11-18(17)19(24)21-4-5-27-16-7-14(25-2)6-15(8-16)26-3/h6-9,12,17-18,20H,4-5,10-11H2,1-3H3,(H,21,24)/t17-,18+/m1/s1. The quantitative estimate of drug-likeness (QED) is 0.669. The van der Waals surface area contributed by atoms with Gasteiger partial charge in [-0.3, -0.25) is 9.48 Å². The fourth-order valence-corrected chi connectivity index (χ4v) is 3.27. The Balaban J connectivity index is 1.49. The number of aromatic nitrogens is 2. The van der Waals surface area contributed by atoms with E-state index < -0.39 is 0 Å². The van der Waals surface area contributed by atoms with Crippen molar-refractivity contribution in [2.75, 3.05) is 40.5 Å². The lowest BCUT2D eigenvalue weighted by Crippen LogP contribution is -2.36. The van der Waals surface area contributed by atoms with Crippen LogP contribution in [0.15, 0.2) is 30.6 Å². The smallest absolute Gasteiger partial charge is 0.225 e. The van der Waals surface area contributed by atoms with Gasteiger partial charge in [-0.1, -0.05) is 0 Å². The van der Waals surface area contributed by atoms with Crippen molar-refractivity contribution in [2.24, 2.45) is 13.0 Å². The molecule has 1 aliphatic heterocycles. The van der Waals surface area contributed by atoms with Crippen LogP contribution in [0.4, 0.5) is 0 Å². The van der Waals surface area contributed by atoms with Gasteiger partial charge in [0.05, 0.1) is 32.9 Å². The number of ether oxygens (including phenoxy) is 3. The molecule has 0 spiro atoms. The minimum Gasteiger partial charge on any atom is -0.496 e. The van der Waals surface area contributed by atoms with E-state index >= 15 is 0 Å². The molecule has 1 fully saturated rings. The number of carbonyl (C=O) groups is 1. The Hall–Kier alpha value is -2.74. The highest BCUT2D eigenvalue weighted by atomic mass is 16.5. The van der Waals surface area contributed by atoms with Crippen LogP contribution in [0.5, 0.6) is 17.2 Å². The van der Waals surface area contributed by atoms with Crippen molar-refractivity contribution in [1.82, 2.24) is 20.4 Å². The second-order valence-electron chi connectivity index (χ2n) is 6.51. The van der Waals surface area contributed by atoms with E-state index in [1.165, 1.54) is 0 Å². The second-order valence-corrected chi connectivity index (χ2v) is 6.51. The molecule has 2 N–H and O–H groups in total. The van der Waals surface area contributed by atoms with Crippen molar-refractivity contribution < 1.29 is 19.0 Å². The molecule has 1 aromatic heterocycles. The molecule has 3 rings (SSSR count). The molecule has 0 saturated carbocycles. The van der Waals surface area contributed by atoms with E-state index in [-0.39, 0.29) is 17.7 Å². The van der Waals surface area contributed by atoms with Gasteiger partial charge in [0.2, 0.25) is 5.91 Å². The molecule has 146 valence electrons. The van der Waals surface area contributed by atoms with Gasteiger partial charge in [0.25, 0.3) is 0 Å². The number of carbonyl (C=O) groups excluding carboxylic acids is 1. The van der Waals surface area contributed by atoms with Crippen LogP contribution >= 0.6 is 0 Å². The highest BCUT2D eigenvalue weighted by molar-refractivity contribution is 5.80. The van der Waals surface area contributed by atoms with Gasteiger partial charge in [-0.05, 0) is 5.56 Å². The summed E-state index contributed by atoms with van der Waals surface area (Å²) in [5, 5.41) is 10.5. The third-order valence-corrected chi connectivity index (χ3v) is 4.70. The Bertz CT molecular complexity index is 755. The summed E-state index contributed by atoms with van der Waals surface area (Å²) >= 11 is 0. The lowest BCUT2D eigenvalue weighted by atomic mass is 9.90. The van der Waals surface area contributed by atoms with E-state index in [1.54, 1.807) is 37.1 Å². The Labute approximate surface area is 158 Å². The van der Waals surface area contributed by atoms with Crippen molar-refractivity contribution in [3.05, 3.63) is 36.2 Å². The molecule has 1 amide bonds. The van der Waals surface area contributed by atoms with Crippen molar-refractivity contribution in [1.29, 1.82) is 0 Å². The van der Waals surface area contributed by atoms with Crippen LogP contribution in [0.25, 0.3) is 0 Å². The molecule has 0 radical (unpaired) electrons. The number of rotatable bonds is 8. The summed E-state index contributed by atoms with van der Waals surface area (Å²) in [5.74, 6) is 2.01. The molecular weight excluding hydrogens is 348 g/mol. The molecular formula is C19H26N4O4. The monoisotopic (exact) mass is 374 g/mol. The first-order chi connectivity index (χ1) is 13.1. The maximum atomic E-state index is 12.6. The van der Waals surface area contributed by atoms with Gasteiger partial charge in [0.15, 0.2) is 0 Å². The third-order valence-electron chi connectivity index (χ3n) is 4.70. The molecule has 0 bridgehead atoms. The van der Waals surface area contributed by atoms with Crippen molar-refractivity contribution in [3.63, 3.8) is 0 Å². The highest BCUT2D eigenvalue weighted by Crippen LogP contribution is 2.28. The summed E-state index contributed by atoms with van der Waals surface area (Å²) in [7, 11) is 5.06. The van der Waals surface area contributed by atoms with Gasteiger partial charge >= 0.3 is 0 Å². The van der Waals surface area contributed by atoms with Crippen LogP contribution in [0.3, 0.4) is 0 Å². The molecule has 27 heavy (non-hydrogen) atoms. The third kappa shape index (κ3) is 4.71. The fraction of sp³-hybridized carbons (Fsp3) is 0.474. The Morgan fingerprint density at radius 2 is 1.93 bits per heavy atom. The van der Waals surface area contributed by atoms with E-state index in [1.807, 2.05) is 19.4 Å². The van der Waals surface area contributed by atoms with E-state index in [4.69, 9.17) is 14.2 Å². The van der Waals surface area contributed by atoms with Crippen LogP contribution < -0.4 is 24.8 Å². The van der Waals surface area contributed by atoms with Crippen molar-refractivity contribution in [3.8, 4) is 17.2 Å². The molecule has 2 atom stereocenters. The van der Waals surface area contributed by atoms with E-state index in [0.717, 1.165) is 12.1 Å². The molecule has 2 aromatic rings. The molecule has 8 heteroatoms. The van der Waals surface area contributed by atoms with E-state index in [0.29, 0.717) is 36.9 Å². The first-order valence-corrected chi connectivity index (χ1v) is 8.93. The van der Waals surface area contributed by atoms with Crippen LogP contribution in [0, 0.1) is 5.92 Å². The fourth-order valence-electron chi connectivity index (χ4n) is 3.27. The number of hydrogen-bond donors (Lipinski definition) is 2. The van der Waals surface area contributed by atoms with Gasteiger partial charge < -0.3 is 24.8 Å². The number of methoxy groups -OCH3 is 2. The maximum Gasteiger partial charge on any atom is 0.225 e. The summed E-state index contributed by atoms with van der Waals surface area (Å²) < 4.78 is 17.9. The Morgan fingerprint density at radius 1 is 1.22 bits per heavy atom. The van der Waals surface area contributed by atoms with Crippen LogP contribution in [-0.2, 0) is 11.8 Å². The summed E-state index contributed by atoms with van der Waals surface area (Å²) in [4.78, 5) is 12.6. The topological polar surface area (TPSA) is 86.6 Å². The zero-order chi connectivity index (χ0) is 19.2. The zero-order valence-corrected chi connectivity index (χ0v) is 15.9. The van der Waals surface area contributed by atoms with E-state index in [2.05, 4.69) is 15.7 Å². The normalized spacial score (nSPS) is 18.9. The number of benzene rings is 1. The zero-order valence-electron chi connectivity index (χ0n) is 15.9. The molecule has 1 aromatic carbocycles. The van der Waals surface area contributed by atoms with E-state index in [9.17, 15) is 4.79 Å². The number of hydrogen-bond acceptors (Lipinski definition) is 6. The molecule has 2 heterocycles. The van der Waals surface area contributed by atoms with Gasteiger partial charge in [-0.25, -0.2) is 0 Å². The van der Waals surface area contributed by atoms with Crippen LogP contribution in [0.2, 0.25) is 0 Å². The average molecular weight is 374 g/mol. The molecule has 0 unspecified atom stereocenters. The highest BCUT2D eigenvalue weighted by Gasteiger charge is 2.34. The van der Waals surface area contributed by atoms with Gasteiger partial charge in [-0.15, -0.1) is 0 Å². The summed E-state index contributed by atoms with van der Waals surface area (Å²) in [5.41, 5.74) is 1.09. The largest absolute Gasteiger partial charge is 0.496 e. The minimum atomic E-state index is -0.105. The van der Waals surface area contributed by atoms with Crippen molar-refractivity contribution in [2.45, 2.75) is 5.92 Å². The lowest BCUT2D eigenvalue weighted by molar-refractivity contribution is -0.124. The van der Waals surface area contributed by atoms with Crippen LogP contribution in [-0.4, -0.2) is 56.1 Å². The summed E-state index contributed by atoms with van der Waals surface area (Å²) in [6, 6.07) is 5.34. The van der Waals surface area contributed by atoms with Gasteiger partial charge in [0, 0.05) is 50.5 Å². The summed E-state index contributed by atoms with van der Waals surface area (Å²) in [6.07, 6.45) is 3.80. The number of nitrogens with zero attached hydrogens (tertiary/aromatic N) is 2. The summed E-state index contributed by atoms with van der Waals surface area (Å²) in [6.45, 7) is 2.23. The van der Waals surface area contributed by atoms with Crippen molar-refractivity contribution >= 4 is 5.91 Å². The predicted octanol–water partition coefficient (Wildman–Crippen LogP) is 0.936. The Morgan fingerprint density at radius 3 is 2.56 bits per heavy atom. The van der Waals surface area contributed by atoms with Gasteiger partial charge in [-0.2, -0.15) is 5.10 Å².